The van der Waals surface area contributed by atoms with Crippen molar-refractivity contribution >= 4 is 35.4 Å². The molecule has 3 rings (SSSR count). The number of para-hydroxylation sites is 1. The number of carbonyl (C=O) groups excluding carboxylic acids is 1. The zero-order valence-corrected chi connectivity index (χ0v) is 18.0. The third-order valence-electron chi connectivity index (χ3n) is 4.60. The maximum absolute atomic E-state index is 12.4. The molecule has 0 spiro atoms. The van der Waals surface area contributed by atoms with Crippen molar-refractivity contribution in [3.63, 3.8) is 0 Å². The summed E-state index contributed by atoms with van der Waals surface area (Å²) in [7, 11) is 0. The van der Waals surface area contributed by atoms with Crippen molar-refractivity contribution < 1.29 is 14.7 Å². The predicted molar refractivity (Wildman–Crippen MR) is 127 cm³/mol. The molecule has 1 amide bonds. The lowest BCUT2D eigenvalue weighted by molar-refractivity contribution is -0.137. The van der Waals surface area contributed by atoms with E-state index in [4.69, 9.17) is 5.11 Å². The molecule has 0 radical (unpaired) electrons. The number of carboxylic acids is 1. The molecule has 0 saturated carbocycles. The summed E-state index contributed by atoms with van der Waals surface area (Å²) in [5, 5.41) is 11.7. The van der Waals surface area contributed by atoms with Crippen molar-refractivity contribution in [1.29, 1.82) is 0 Å². The minimum atomic E-state index is -0.791. The second kappa shape index (κ2) is 11.8. The van der Waals surface area contributed by atoms with Gasteiger partial charge in [0.2, 0.25) is 5.91 Å². The number of hydrogen-bond donors (Lipinski definition) is 2. The molecule has 5 heteroatoms. The summed E-state index contributed by atoms with van der Waals surface area (Å²) in [6.45, 7) is 0. The molecule has 0 aliphatic carbocycles. The summed E-state index contributed by atoms with van der Waals surface area (Å²) in [6.07, 6.45) is 4.94. The molecular weight excluding hydrogens is 406 g/mol. The molecule has 31 heavy (non-hydrogen) atoms. The first-order valence-electron chi connectivity index (χ1n) is 10.2. The minimum absolute atomic E-state index is 0.147. The molecule has 0 saturated heterocycles. The molecule has 0 aliphatic rings. The number of carbonyl (C=O) groups is 2. The zero-order valence-electron chi connectivity index (χ0n) is 17.2. The highest BCUT2D eigenvalue weighted by Crippen LogP contribution is 2.27. The van der Waals surface area contributed by atoms with Gasteiger partial charge in [-0.25, -0.2) is 0 Å². The van der Waals surface area contributed by atoms with Crippen molar-refractivity contribution in [3.05, 3.63) is 102 Å². The van der Waals surface area contributed by atoms with E-state index >= 15 is 0 Å². The second-order valence-electron chi connectivity index (χ2n) is 7.07. The normalized spacial score (nSPS) is 10.8. The standard InChI is InChI=1S/C26H25NO3S/c28-25(27-23-9-4-5-10-24(23)31-18-6-11-26(29)30)17-16-20-12-14-22(15-13-20)19-21-7-2-1-3-8-21/h1-5,7-10,12-17H,6,11,18-19H2,(H,27,28)(H,29,30). The molecule has 0 aromatic heterocycles. The van der Waals surface area contributed by atoms with Gasteiger partial charge in [0.25, 0.3) is 0 Å². The van der Waals surface area contributed by atoms with Crippen molar-refractivity contribution in [2.45, 2.75) is 24.2 Å². The summed E-state index contributed by atoms with van der Waals surface area (Å²) in [5.41, 5.74) is 4.19. The molecule has 4 nitrogen and oxygen atoms in total. The average Bonchev–Trinajstić information content (AvgIpc) is 2.78. The molecular formula is C26H25NO3S. The lowest BCUT2D eigenvalue weighted by Gasteiger charge is -2.09. The molecule has 158 valence electrons. The summed E-state index contributed by atoms with van der Waals surface area (Å²) < 4.78 is 0. The number of hydrogen-bond acceptors (Lipinski definition) is 3. The number of amides is 1. The van der Waals surface area contributed by atoms with E-state index in [1.54, 1.807) is 17.8 Å². The van der Waals surface area contributed by atoms with Crippen LogP contribution in [0.15, 0.2) is 89.8 Å². The van der Waals surface area contributed by atoms with Crippen LogP contribution in [0.1, 0.15) is 29.5 Å². The Balaban J connectivity index is 1.54. The van der Waals surface area contributed by atoms with Crippen molar-refractivity contribution in [1.82, 2.24) is 0 Å². The number of rotatable bonds is 10. The van der Waals surface area contributed by atoms with Crippen LogP contribution in [-0.4, -0.2) is 22.7 Å². The van der Waals surface area contributed by atoms with Crippen LogP contribution in [0.3, 0.4) is 0 Å². The van der Waals surface area contributed by atoms with Crippen LogP contribution in [0, 0.1) is 0 Å². The SMILES string of the molecule is O=C(O)CCCSc1ccccc1NC(=O)C=Cc1ccc(Cc2ccccc2)cc1. The Labute approximate surface area is 187 Å². The number of benzene rings is 3. The molecule has 3 aromatic rings. The third-order valence-corrected chi connectivity index (χ3v) is 5.76. The fraction of sp³-hybridized carbons (Fsp3) is 0.154. The van der Waals surface area contributed by atoms with E-state index < -0.39 is 5.97 Å². The highest BCUT2D eigenvalue weighted by atomic mass is 32.2. The van der Waals surface area contributed by atoms with Gasteiger partial charge in [-0.1, -0.05) is 66.7 Å². The predicted octanol–water partition coefficient (Wildman–Crippen LogP) is 5.89. The summed E-state index contributed by atoms with van der Waals surface area (Å²) in [5.74, 6) is -0.308. The fourth-order valence-electron chi connectivity index (χ4n) is 3.03. The van der Waals surface area contributed by atoms with Gasteiger partial charge in [0.05, 0.1) is 5.69 Å². The van der Waals surface area contributed by atoms with Gasteiger partial charge in [0, 0.05) is 17.4 Å². The topological polar surface area (TPSA) is 66.4 Å². The molecule has 0 aliphatic heterocycles. The van der Waals surface area contributed by atoms with Crippen LogP contribution in [0.5, 0.6) is 0 Å². The van der Waals surface area contributed by atoms with E-state index in [0.29, 0.717) is 12.2 Å². The second-order valence-corrected chi connectivity index (χ2v) is 8.21. The van der Waals surface area contributed by atoms with Gasteiger partial charge >= 0.3 is 5.97 Å². The van der Waals surface area contributed by atoms with E-state index in [1.165, 1.54) is 17.2 Å². The lowest BCUT2D eigenvalue weighted by Crippen LogP contribution is -2.08. The van der Waals surface area contributed by atoms with Gasteiger partial charge in [-0.05, 0) is 53.5 Å². The van der Waals surface area contributed by atoms with E-state index in [1.807, 2.05) is 54.6 Å². The number of aliphatic carboxylic acids is 1. The summed E-state index contributed by atoms with van der Waals surface area (Å²) >= 11 is 1.55. The Morgan fingerprint density at radius 3 is 2.29 bits per heavy atom. The van der Waals surface area contributed by atoms with Crippen molar-refractivity contribution in [3.8, 4) is 0 Å². The van der Waals surface area contributed by atoms with E-state index in [9.17, 15) is 9.59 Å². The quantitative estimate of drug-likeness (QED) is 0.239. The minimum Gasteiger partial charge on any atom is -0.481 e. The molecule has 0 fully saturated rings. The first kappa shape index (κ1) is 22.4. The van der Waals surface area contributed by atoms with Crippen LogP contribution < -0.4 is 5.32 Å². The molecule has 0 unspecified atom stereocenters. The van der Waals surface area contributed by atoms with Gasteiger partial charge in [-0.3, -0.25) is 9.59 Å². The Hall–Kier alpha value is -3.31. The first-order chi connectivity index (χ1) is 15.1. The van der Waals surface area contributed by atoms with Gasteiger partial charge < -0.3 is 10.4 Å². The fourth-order valence-corrected chi connectivity index (χ4v) is 3.98. The number of anilines is 1. The number of carboxylic acid groups (broad SMARTS) is 1. The van der Waals surface area contributed by atoms with Crippen LogP contribution in [0.25, 0.3) is 6.08 Å². The average molecular weight is 432 g/mol. The maximum Gasteiger partial charge on any atom is 0.303 e. The highest BCUT2D eigenvalue weighted by Gasteiger charge is 2.06. The summed E-state index contributed by atoms with van der Waals surface area (Å²) in [6, 6.07) is 26.0. The Morgan fingerprint density at radius 1 is 0.871 bits per heavy atom. The van der Waals surface area contributed by atoms with E-state index in [0.717, 1.165) is 22.6 Å². The molecule has 0 atom stereocenters. The third kappa shape index (κ3) is 7.79. The van der Waals surface area contributed by atoms with Crippen LogP contribution in [-0.2, 0) is 16.0 Å². The van der Waals surface area contributed by atoms with Crippen molar-refractivity contribution in [2.75, 3.05) is 11.1 Å². The molecule has 2 N–H and O–H groups in total. The summed E-state index contributed by atoms with van der Waals surface area (Å²) in [4.78, 5) is 23.9. The van der Waals surface area contributed by atoms with Gasteiger partial charge in [-0.15, -0.1) is 11.8 Å². The van der Waals surface area contributed by atoms with Crippen LogP contribution in [0.2, 0.25) is 0 Å². The molecule has 3 aromatic carbocycles. The highest BCUT2D eigenvalue weighted by molar-refractivity contribution is 7.99. The van der Waals surface area contributed by atoms with Crippen molar-refractivity contribution in [2.24, 2.45) is 0 Å². The Kier molecular flexibility index (Phi) is 8.49. The Bertz CT molecular complexity index is 1030. The van der Waals surface area contributed by atoms with E-state index in [2.05, 4.69) is 29.6 Å². The zero-order chi connectivity index (χ0) is 21.9. The van der Waals surface area contributed by atoms with E-state index in [-0.39, 0.29) is 12.3 Å². The van der Waals surface area contributed by atoms with Crippen LogP contribution >= 0.6 is 11.8 Å². The monoisotopic (exact) mass is 431 g/mol. The smallest absolute Gasteiger partial charge is 0.303 e. The number of thioether (sulfide) groups is 1. The van der Waals surface area contributed by atoms with Gasteiger partial charge in [0.1, 0.15) is 0 Å². The molecule has 0 bridgehead atoms. The Morgan fingerprint density at radius 2 is 1.55 bits per heavy atom. The van der Waals surface area contributed by atoms with Gasteiger partial charge in [0.15, 0.2) is 0 Å². The first-order valence-corrected chi connectivity index (χ1v) is 11.1. The molecule has 0 heterocycles. The lowest BCUT2D eigenvalue weighted by atomic mass is 10.0. The van der Waals surface area contributed by atoms with Gasteiger partial charge in [-0.2, -0.15) is 0 Å². The largest absolute Gasteiger partial charge is 0.481 e. The number of nitrogens with one attached hydrogen (secondary N) is 1. The maximum atomic E-state index is 12.4. The van der Waals surface area contributed by atoms with Crippen LogP contribution in [0.4, 0.5) is 5.69 Å².